The number of methoxy groups -OCH3 is 1. The maximum atomic E-state index is 12.0. The van der Waals surface area contributed by atoms with Gasteiger partial charge in [0, 0.05) is 5.56 Å². The van der Waals surface area contributed by atoms with Gasteiger partial charge in [-0.2, -0.15) is 0 Å². The van der Waals surface area contributed by atoms with E-state index in [1.54, 1.807) is 19.2 Å². The van der Waals surface area contributed by atoms with Crippen molar-refractivity contribution in [3.8, 4) is 17.2 Å². The highest BCUT2D eigenvalue weighted by molar-refractivity contribution is 5.99. The van der Waals surface area contributed by atoms with E-state index < -0.39 is 0 Å². The average molecular weight is 273 g/mol. The van der Waals surface area contributed by atoms with Gasteiger partial charge in [-0.05, 0) is 30.3 Å². The molecule has 0 aliphatic carbocycles. The Hall–Kier alpha value is -2.69. The first-order valence-electron chi connectivity index (χ1n) is 6.04. The molecule has 2 aromatic carbocycles. The molecule has 0 heterocycles. The Morgan fingerprint density at radius 1 is 1.15 bits per heavy atom. The van der Waals surface area contributed by atoms with Gasteiger partial charge in [0.25, 0.3) is 0 Å². The number of rotatable bonds is 5. The predicted octanol–water partition coefficient (Wildman–Crippen LogP) is 2.40. The molecule has 0 saturated heterocycles. The van der Waals surface area contributed by atoms with E-state index in [0.717, 1.165) is 0 Å². The number of para-hydroxylation sites is 2. The number of aromatic hydroxyl groups is 2. The molecule has 0 bridgehead atoms. The zero-order valence-corrected chi connectivity index (χ0v) is 11.0. The summed E-state index contributed by atoms with van der Waals surface area (Å²) < 4.78 is 5.17. The van der Waals surface area contributed by atoms with Gasteiger partial charge in [-0.1, -0.05) is 12.1 Å². The van der Waals surface area contributed by atoms with Crippen LogP contribution in [0.3, 0.4) is 0 Å². The molecule has 20 heavy (non-hydrogen) atoms. The number of ketones is 1. The summed E-state index contributed by atoms with van der Waals surface area (Å²) in [6.07, 6.45) is 0. The van der Waals surface area contributed by atoms with Crippen LogP contribution in [0, 0.1) is 0 Å². The van der Waals surface area contributed by atoms with Crippen LogP contribution in [0.25, 0.3) is 0 Å². The monoisotopic (exact) mass is 273 g/mol. The van der Waals surface area contributed by atoms with Gasteiger partial charge in [-0.15, -0.1) is 0 Å². The Bertz CT molecular complexity index is 625. The smallest absolute Gasteiger partial charge is 0.181 e. The number of carbonyl (C=O) groups excluding carboxylic acids is 1. The lowest BCUT2D eigenvalue weighted by Gasteiger charge is -2.10. The van der Waals surface area contributed by atoms with E-state index in [4.69, 9.17) is 4.74 Å². The normalized spacial score (nSPS) is 10.1. The number of phenols is 2. The van der Waals surface area contributed by atoms with Gasteiger partial charge in [0.1, 0.15) is 5.75 Å². The Balaban J connectivity index is 2.06. The standard InChI is InChI=1S/C15H15NO4/c1-20-15-5-3-2-4-11(15)16-9-14(19)10-6-7-12(17)13(18)8-10/h2-8,16-18H,9H2,1H3. The van der Waals surface area contributed by atoms with Crippen LogP contribution in [-0.2, 0) is 0 Å². The first-order chi connectivity index (χ1) is 9.61. The number of phenolic OH excluding ortho intramolecular Hbond substituents is 2. The topological polar surface area (TPSA) is 78.8 Å². The molecule has 5 heteroatoms. The third kappa shape index (κ3) is 3.00. The number of benzene rings is 2. The molecule has 0 atom stereocenters. The minimum atomic E-state index is -0.312. The summed E-state index contributed by atoms with van der Waals surface area (Å²) in [4.78, 5) is 12.0. The van der Waals surface area contributed by atoms with E-state index in [2.05, 4.69) is 5.32 Å². The van der Waals surface area contributed by atoms with Crippen molar-refractivity contribution in [2.75, 3.05) is 19.0 Å². The Kier molecular flexibility index (Phi) is 4.10. The summed E-state index contributed by atoms with van der Waals surface area (Å²) in [5.74, 6) is -0.118. The highest BCUT2D eigenvalue weighted by Gasteiger charge is 2.10. The second-order valence-corrected chi connectivity index (χ2v) is 4.18. The van der Waals surface area contributed by atoms with Crippen molar-refractivity contribution in [3.63, 3.8) is 0 Å². The first-order valence-corrected chi connectivity index (χ1v) is 6.04. The molecule has 0 aliphatic heterocycles. The van der Waals surface area contributed by atoms with Crippen LogP contribution in [-0.4, -0.2) is 29.7 Å². The summed E-state index contributed by atoms with van der Waals surface area (Å²) in [5, 5.41) is 21.6. The highest BCUT2D eigenvalue weighted by Crippen LogP contribution is 2.26. The molecule has 0 amide bonds. The minimum absolute atomic E-state index is 0.0601. The van der Waals surface area contributed by atoms with Crippen LogP contribution in [0.5, 0.6) is 17.2 Å². The van der Waals surface area contributed by atoms with E-state index in [9.17, 15) is 15.0 Å². The summed E-state index contributed by atoms with van der Waals surface area (Å²) in [6, 6.07) is 11.2. The molecular weight excluding hydrogens is 258 g/mol. The van der Waals surface area contributed by atoms with E-state index in [-0.39, 0.29) is 23.8 Å². The zero-order chi connectivity index (χ0) is 14.5. The van der Waals surface area contributed by atoms with Crippen LogP contribution in [0.15, 0.2) is 42.5 Å². The number of nitrogens with one attached hydrogen (secondary N) is 1. The Labute approximate surface area is 116 Å². The van der Waals surface area contributed by atoms with Gasteiger partial charge in [0.05, 0.1) is 19.3 Å². The maximum Gasteiger partial charge on any atom is 0.181 e. The molecule has 104 valence electrons. The molecule has 5 nitrogen and oxygen atoms in total. The van der Waals surface area contributed by atoms with Crippen molar-refractivity contribution >= 4 is 11.5 Å². The van der Waals surface area contributed by atoms with Crippen LogP contribution in [0.2, 0.25) is 0 Å². The quantitative estimate of drug-likeness (QED) is 0.576. The second kappa shape index (κ2) is 5.97. The predicted molar refractivity (Wildman–Crippen MR) is 75.6 cm³/mol. The van der Waals surface area contributed by atoms with Gasteiger partial charge in [-0.3, -0.25) is 4.79 Å². The number of anilines is 1. The molecule has 0 fully saturated rings. The van der Waals surface area contributed by atoms with Crippen molar-refractivity contribution in [2.45, 2.75) is 0 Å². The third-order valence-electron chi connectivity index (χ3n) is 2.84. The summed E-state index contributed by atoms with van der Waals surface area (Å²) in [5.41, 5.74) is 1.04. The maximum absolute atomic E-state index is 12.0. The second-order valence-electron chi connectivity index (χ2n) is 4.18. The van der Waals surface area contributed by atoms with E-state index in [1.165, 1.54) is 18.2 Å². The Morgan fingerprint density at radius 3 is 2.60 bits per heavy atom. The van der Waals surface area contributed by atoms with Crippen molar-refractivity contribution in [1.29, 1.82) is 0 Å². The van der Waals surface area contributed by atoms with Gasteiger partial charge >= 0.3 is 0 Å². The van der Waals surface area contributed by atoms with Crippen molar-refractivity contribution in [1.82, 2.24) is 0 Å². The molecule has 3 N–H and O–H groups in total. The van der Waals surface area contributed by atoms with Crippen LogP contribution in [0.1, 0.15) is 10.4 Å². The molecular formula is C15H15NO4. The lowest BCUT2D eigenvalue weighted by molar-refractivity contribution is 0.101. The average Bonchev–Trinajstić information content (AvgIpc) is 2.47. The van der Waals surface area contributed by atoms with E-state index >= 15 is 0 Å². The van der Waals surface area contributed by atoms with E-state index in [1.807, 2.05) is 12.1 Å². The van der Waals surface area contributed by atoms with Gasteiger partial charge in [0.15, 0.2) is 17.3 Å². The SMILES string of the molecule is COc1ccccc1NCC(=O)c1ccc(O)c(O)c1. The third-order valence-corrected chi connectivity index (χ3v) is 2.84. The fourth-order valence-electron chi connectivity index (χ4n) is 1.77. The molecule has 0 spiro atoms. The summed E-state index contributed by atoms with van der Waals surface area (Å²) >= 11 is 0. The number of Topliss-reactive ketones (excluding diaryl/α,β-unsaturated/α-hetero) is 1. The fourth-order valence-corrected chi connectivity index (χ4v) is 1.77. The van der Waals surface area contributed by atoms with Crippen molar-refractivity contribution < 1.29 is 19.7 Å². The lowest BCUT2D eigenvalue weighted by atomic mass is 10.1. The fraction of sp³-hybridized carbons (Fsp3) is 0.133. The molecule has 2 rings (SSSR count). The summed E-state index contributed by atoms with van der Waals surface area (Å²) in [7, 11) is 1.56. The summed E-state index contributed by atoms with van der Waals surface area (Å²) in [6.45, 7) is 0.0601. The minimum Gasteiger partial charge on any atom is -0.504 e. The first kappa shape index (κ1) is 13.7. The zero-order valence-electron chi connectivity index (χ0n) is 11.0. The molecule has 0 aromatic heterocycles. The number of carbonyl (C=O) groups is 1. The van der Waals surface area contributed by atoms with Crippen molar-refractivity contribution in [2.24, 2.45) is 0 Å². The van der Waals surface area contributed by atoms with Gasteiger partial charge in [-0.25, -0.2) is 0 Å². The molecule has 2 aromatic rings. The molecule has 0 unspecified atom stereocenters. The number of hydrogen-bond acceptors (Lipinski definition) is 5. The van der Waals surface area contributed by atoms with E-state index in [0.29, 0.717) is 17.0 Å². The number of hydrogen-bond donors (Lipinski definition) is 3. The molecule has 0 saturated carbocycles. The van der Waals surface area contributed by atoms with Crippen LogP contribution < -0.4 is 10.1 Å². The Morgan fingerprint density at radius 2 is 1.90 bits per heavy atom. The lowest BCUT2D eigenvalue weighted by Crippen LogP contribution is -2.14. The van der Waals surface area contributed by atoms with Crippen molar-refractivity contribution in [3.05, 3.63) is 48.0 Å². The van der Waals surface area contributed by atoms with Crippen LogP contribution >= 0.6 is 0 Å². The number of ether oxygens (including phenoxy) is 1. The largest absolute Gasteiger partial charge is 0.504 e. The van der Waals surface area contributed by atoms with Gasteiger partial charge < -0.3 is 20.3 Å². The van der Waals surface area contributed by atoms with Crippen LogP contribution in [0.4, 0.5) is 5.69 Å². The van der Waals surface area contributed by atoms with Gasteiger partial charge in [0.2, 0.25) is 0 Å². The highest BCUT2D eigenvalue weighted by atomic mass is 16.5. The molecule has 0 radical (unpaired) electrons. The molecule has 0 aliphatic rings.